The lowest BCUT2D eigenvalue weighted by molar-refractivity contribution is -0.704. The molecule has 2 aromatic rings. The van der Waals surface area contributed by atoms with Gasteiger partial charge in [-0.3, -0.25) is 4.79 Å². The highest BCUT2D eigenvalue weighted by Gasteiger charge is 2.13. The van der Waals surface area contributed by atoms with Crippen LogP contribution in [0.2, 0.25) is 0 Å². The molecule has 5 heteroatoms. The van der Waals surface area contributed by atoms with Gasteiger partial charge in [0.2, 0.25) is 11.6 Å². The molecule has 2 rings (SSSR count). The minimum atomic E-state index is -0.0205. The number of aromatic nitrogens is 1. The van der Waals surface area contributed by atoms with Gasteiger partial charge in [-0.1, -0.05) is 70.9 Å². The Balaban J connectivity index is 1.75. The summed E-state index contributed by atoms with van der Waals surface area (Å²) in [7, 11) is 1.64. The predicted octanol–water partition coefficient (Wildman–Crippen LogP) is 5.77. The van der Waals surface area contributed by atoms with Crippen LogP contribution in [-0.2, 0) is 24.3 Å². The quantitative estimate of drug-likeness (QED) is 0.243. The van der Waals surface area contributed by atoms with Crippen LogP contribution in [0.5, 0.6) is 11.5 Å². The molecule has 0 aliphatic rings. The minimum Gasteiger partial charge on any atom is -0.496 e. The first-order chi connectivity index (χ1) is 16.2. The van der Waals surface area contributed by atoms with E-state index in [1.165, 1.54) is 44.9 Å². The third-order valence-corrected chi connectivity index (χ3v) is 5.84. The molecular formula is C28H43N2O3+. The lowest BCUT2D eigenvalue weighted by Crippen LogP contribution is -2.40. The molecule has 0 bridgehead atoms. The second-order valence-electron chi connectivity index (χ2n) is 8.64. The van der Waals surface area contributed by atoms with Gasteiger partial charge in [-0.15, -0.1) is 0 Å². The van der Waals surface area contributed by atoms with E-state index >= 15 is 0 Å². The molecule has 0 aliphatic heterocycles. The molecule has 0 saturated heterocycles. The lowest BCUT2D eigenvalue weighted by atomic mass is 10.1. The Kier molecular flexibility index (Phi) is 13.0. The monoisotopic (exact) mass is 455 g/mol. The average Bonchev–Trinajstić information content (AvgIpc) is 2.83. The Morgan fingerprint density at radius 3 is 2.42 bits per heavy atom. The SMILES string of the molecule is CCCCCCCCCCOc1ccc(CC(=O)NCc2cccc[n+]2CCC)c(OC)c1. The average molecular weight is 456 g/mol. The van der Waals surface area contributed by atoms with Gasteiger partial charge in [0.05, 0.1) is 20.1 Å². The van der Waals surface area contributed by atoms with Crippen molar-refractivity contribution in [2.75, 3.05) is 13.7 Å². The van der Waals surface area contributed by atoms with Crippen molar-refractivity contribution >= 4 is 5.91 Å². The molecule has 1 aromatic heterocycles. The smallest absolute Gasteiger partial charge is 0.225 e. The van der Waals surface area contributed by atoms with Crippen LogP contribution in [-0.4, -0.2) is 19.6 Å². The van der Waals surface area contributed by atoms with E-state index < -0.39 is 0 Å². The number of rotatable bonds is 17. The summed E-state index contributed by atoms with van der Waals surface area (Å²) in [5.41, 5.74) is 1.97. The molecule has 1 N–H and O–H groups in total. The highest BCUT2D eigenvalue weighted by atomic mass is 16.5. The van der Waals surface area contributed by atoms with Crippen LogP contribution in [0.4, 0.5) is 0 Å². The highest BCUT2D eigenvalue weighted by molar-refractivity contribution is 5.79. The van der Waals surface area contributed by atoms with Crippen LogP contribution < -0.4 is 19.4 Å². The molecule has 5 nitrogen and oxygen atoms in total. The molecule has 1 amide bonds. The largest absolute Gasteiger partial charge is 0.496 e. The molecule has 0 atom stereocenters. The second-order valence-corrected chi connectivity index (χ2v) is 8.64. The summed E-state index contributed by atoms with van der Waals surface area (Å²) in [6.07, 6.45) is 13.6. The van der Waals surface area contributed by atoms with Gasteiger partial charge in [-0.05, 0) is 12.5 Å². The molecule has 33 heavy (non-hydrogen) atoms. The Morgan fingerprint density at radius 2 is 1.70 bits per heavy atom. The zero-order chi connectivity index (χ0) is 23.7. The fraction of sp³-hybridized carbons (Fsp3) is 0.571. The van der Waals surface area contributed by atoms with Crippen molar-refractivity contribution in [3.8, 4) is 11.5 Å². The van der Waals surface area contributed by atoms with Crippen molar-refractivity contribution in [3.63, 3.8) is 0 Å². The van der Waals surface area contributed by atoms with E-state index in [-0.39, 0.29) is 12.3 Å². The third kappa shape index (κ3) is 10.3. The third-order valence-electron chi connectivity index (χ3n) is 5.84. The van der Waals surface area contributed by atoms with Gasteiger partial charge < -0.3 is 14.8 Å². The maximum Gasteiger partial charge on any atom is 0.225 e. The number of benzene rings is 1. The standard InChI is InChI=1S/C28H42N2O3/c1-4-6-7-8-9-10-11-14-20-33-26-17-16-24(27(22-26)32-3)21-28(31)29-23-25-15-12-13-19-30(25)18-5-2/h12-13,15-17,19,22H,4-11,14,18,20-21,23H2,1-3H3/p+1. The maximum absolute atomic E-state index is 12.6. The number of unbranched alkanes of at least 4 members (excludes halogenated alkanes) is 7. The molecule has 0 saturated carbocycles. The van der Waals surface area contributed by atoms with Crippen LogP contribution >= 0.6 is 0 Å². The Bertz CT molecular complexity index is 823. The van der Waals surface area contributed by atoms with E-state index in [0.29, 0.717) is 18.9 Å². The van der Waals surface area contributed by atoms with Gasteiger partial charge in [-0.2, -0.15) is 0 Å². The van der Waals surface area contributed by atoms with Crippen molar-refractivity contribution in [1.82, 2.24) is 5.32 Å². The molecular weight excluding hydrogens is 412 g/mol. The van der Waals surface area contributed by atoms with Crippen molar-refractivity contribution in [3.05, 3.63) is 53.9 Å². The zero-order valence-electron chi connectivity index (χ0n) is 20.9. The molecule has 0 radical (unpaired) electrons. The fourth-order valence-corrected chi connectivity index (χ4v) is 3.94. The van der Waals surface area contributed by atoms with Crippen LogP contribution in [0.15, 0.2) is 42.6 Å². The van der Waals surface area contributed by atoms with Crippen molar-refractivity contribution in [2.24, 2.45) is 0 Å². The maximum atomic E-state index is 12.6. The number of methoxy groups -OCH3 is 1. The Hall–Kier alpha value is -2.56. The summed E-state index contributed by atoms with van der Waals surface area (Å²) in [6, 6.07) is 11.8. The van der Waals surface area contributed by atoms with Gasteiger partial charge >= 0.3 is 0 Å². The molecule has 0 spiro atoms. The fourth-order valence-electron chi connectivity index (χ4n) is 3.94. The van der Waals surface area contributed by atoms with E-state index in [4.69, 9.17) is 9.47 Å². The van der Waals surface area contributed by atoms with Gasteiger partial charge in [0, 0.05) is 30.2 Å². The molecule has 182 valence electrons. The minimum absolute atomic E-state index is 0.0205. The number of carbonyl (C=O) groups excluding carboxylic acids is 1. The molecule has 1 heterocycles. The first-order valence-electron chi connectivity index (χ1n) is 12.7. The van der Waals surface area contributed by atoms with E-state index in [0.717, 1.165) is 36.4 Å². The Labute approximate surface area is 200 Å². The number of nitrogens with one attached hydrogen (secondary N) is 1. The predicted molar refractivity (Wildman–Crippen MR) is 134 cm³/mol. The summed E-state index contributed by atoms with van der Waals surface area (Å²) in [5.74, 6) is 1.47. The van der Waals surface area contributed by atoms with Crippen LogP contribution in [0.3, 0.4) is 0 Å². The number of carbonyl (C=O) groups is 1. The summed E-state index contributed by atoms with van der Waals surface area (Å²) < 4.78 is 13.6. The normalized spacial score (nSPS) is 10.8. The van der Waals surface area contributed by atoms with Crippen LogP contribution in [0.1, 0.15) is 82.9 Å². The number of nitrogens with zero attached hydrogens (tertiary/aromatic N) is 1. The number of hydrogen-bond donors (Lipinski definition) is 1. The lowest BCUT2D eigenvalue weighted by Gasteiger charge is -2.12. The summed E-state index contributed by atoms with van der Waals surface area (Å²) >= 11 is 0. The Morgan fingerprint density at radius 1 is 0.939 bits per heavy atom. The van der Waals surface area contributed by atoms with E-state index in [1.54, 1.807) is 7.11 Å². The van der Waals surface area contributed by atoms with E-state index in [1.807, 2.05) is 30.3 Å². The van der Waals surface area contributed by atoms with E-state index in [2.05, 4.69) is 36.0 Å². The number of pyridine rings is 1. The van der Waals surface area contributed by atoms with Crippen LogP contribution in [0, 0.1) is 0 Å². The molecule has 0 unspecified atom stereocenters. The van der Waals surface area contributed by atoms with Gasteiger partial charge in [-0.25, -0.2) is 4.57 Å². The number of hydrogen-bond acceptors (Lipinski definition) is 3. The van der Waals surface area contributed by atoms with Crippen molar-refractivity contribution in [2.45, 2.75) is 91.1 Å². The van der Waals surface area contributed by atoms with Crippen LogP contribution in [0.25, 0.3) is 0 Å². The van der Waals surface area contributed by atoms with E-state index in [9.17, 15) is 4.79 Å². The number of aryl methyl sites for hydroxylation is 1. The number of ether oxygens (including phenoxy) is 2. The molecule has 0 fully saturated rings. The molecule has 0 aliphatic carbocycles. The topological polar surface area (TPSA) is 51.4 Å². The summed E-state index contributed by atoms with van der Waals surface area (Å²) in [6.45, 7) is 6.58. The summed E-state index contributed by atoms with van der Waals surface area (Å²) in [5, 5.41) is 3.04. The first kappa shape index (κ1) is 26.7. The van der Waals surface area contributed by atoms with Gasteiger partial charge in [0.1, 0.15) is 24.6 Å². The second kappa shape index (κ2) is 16.1. The van der Waals surface area contributed by atoms with Crippen molar-refractivity contribution < 1.29 is 18.8 Å². The molecule has 1 aromatic carbocycles. The first-order valence-corrected chi connectivity index (χ1v) is 12.7. The zero-order valence-corrected chi connectivity index (χ0v) is 20.9. The van der Waals surface area contributed by atoms with Crippen molar-refractivity contribution in [1.29, 1.82) is 0 Å². The van der Waals surface area contributed by atoms with Gasteiger partial charge in [0.15, 0.2) is 6.20 Å². The van der Waals surface area contributed by atoms with Gasteiger partial charge in [0.25, 0.3) is 0 Å². The highest BCUT2D eigenvalue weighted by Crippen LogP contribution is 2.25. The number of amides is 1. The summed E-state index contributed by atoms with van der Waals surface area (Å²) in [4.78, 5) is 12.6.